The highest BCUT2D eigenvalue weighted by Crippen LogP contribution is 2.50. The summed E-state index contributed by atoms with van der Waals surface area (Å²) in [5.74, 6) is 0.738. The number of carbonyl (C=O) groups is 1. The van der Waals surface area contributed by atoms with E-state index in [0.29, 0.717) is 29.6 Å². The van der Waals surface area contributed by atoms with Gasteiger partial charge in [0.2, 0.25) is 0 Å². The van der Waals surface area contributed by atoms with Crippen molar-refractivity contribution in [3.8, 4) is 0 Å². The van der Waals surface area contributed by atoms with Crippen molar-refractivity contribution in [2.75, 3.05) is 6.54 Å². The first-order valence-corrected chi connectivity index (χ1v) is 12.7. The molecule has 1 saturated carbocycles. The number of hydrogen-bond acceptors (Lipinski definition) is 2. The van der Waals surface area contributed by atoms with E-state index in [1.54, 1.807) is 0 Å². The number of rotatable bonds is 7. The maximum atomic E-state index is 13.1. The van der Waals surface area contributed by atoms with Gasteiger partial charge in [0.15, 0.2) is 0 Å². The van der Waals surface area contributed by atoms with Gasteiger partial charge in [0.1, 0.15) is 0 Å². The Morgan fingerprint density at radius 2 is 1.44 bits per heavy atom. The van der Waals surface area contributed by atoms with E-state index in [9.17, 15) is 4.79 Å². The van der Waals surface area contributed by atoms with Gasteiger partial charge in [-0.3, -0.25) is 4.79 Å². The molecule has 0 aromatic heterocycles. The summed E-state index contributed by atoms with van der Waals surface area (Å²) in [5.41, 5.74) is 3.27. The summed E-state index contributed by atoms with van der Waals surface area (Å²) in [4.78, 5) is 13.1. The molecule has 3 aromatic rings. The van der Waals surface area contributed by atoms with Gasteiger partial charge in [-0.05, 0) is 60.3 Å². The fraction of sp³-hybridized carbons (Fsp3) is 0.387. The summed E-state index contributed by atoms with van der Waals surface area (Å²) in [6, 6.07) is 32.0. The van der Waals surface area contributed by atoms with E-state index in [0.717, 1.165) is 12.3 Å². The Kier molecular flexibility index (Phi) is 6.31. The van der Waals surface area contributed by atoms with Crippen molar-refractivity contribution in [3.05, 3.63) is 108 Å². The lowest BCUT2D eigenvalue weighted by Crippen LogP contribution is -2.55. The molecule has 1 aliphatic carbocycles. The summed E-state index contributed by atoms with van der Waals surface area (Å²) in [7, 11) is 0. The summed E-state index contributed by atoms with van der Waals surface area (Å²) in [6.07, 6.45) is 4.73. The van der Waals surface area contributed by atoms with E-state index in [1.807, 2.05) is 30.3 Å². The fourth-order valence-corrected chi connectivity index (χ4v) is 6.49. The highest BCUT2D eigenvalue weighted by molar-refractivity contribution is 5.94. The van der Waals surface area contributed by atoms with Crippen LogP contribution >= 0.6 is 0 Å². The topological polar surface area (TPSA) is 41.1 Å². The second-order valence-electron chi connectivity index (χ2n) is 10.8. The summed E-state index contributed by atoms with van der Waals surface area (Å²) in [6.45, 7) is 5.42. The van der Waals surface area contributed by atoms with Crippen LogP contribution in [0.5, 0.6) is 0 Å². The monoisotopic (exact) mass is 452 g/mol. The SMILES string of the molecule is CC1(C)C2CCC1NC(CC(CNC(=O)c1ccccc1)(c1ccccc1)c1ccccc1)C2. The van der Waals surface area contributed by atoms with E-state index >= 15 is 0 Å². The molecule has 2 N–H and O–H groups in total. The Hall–Kier alpha value is -2.91. The summed E-state index contributed by atoms with van der Waals surface area (Å²) in [5, 5.41) is 7.35. The molecule has 2 bridgehead atoms. The maximum absolute atomic E-state index is 13.1. The Morgan fingerprint density at radius 1 is 0.882 bits per heavy atom. The van der Waals surface area contributed by atoms with Crippen LogP contribution in [-0.2, 0) is 5.41 Å². The average Bonchev–Trinajstić information content (AvgIpc) is 3.03. The molecule has 5 rings (SSSR count). The highest BCUT2D eigenvalue weighted by atomic mass is 16.1. The molecular formula is C31H36N2O. The molecule has 3 unspecified atom stereocenters. The number of fused-ring (bicyclic) bond motifs is 2. The van der Waals surface area contributed by atoms with Crippen molar-refractivity contribution < 1.29 is 4.79 Å². The molecule has 3 atom stereocenters. The first-order valence-electron chi connectivity index (χ1n) is 12.7. The van der Waals surface area contributed by atoms with E-state index in [2.05, 4.69) is 85.1 Å². The van der Waals surface area contributed by atoms with Crippen LogP contribution in [0.1, 0.15) is 61.0 Å². The van der Waals surface area contributed by atoms with Crippen LogP contribution in [0.25, 0.3) is 0 Å². The van der Waals surface area contributed by atoms with Crippen molar-refractivity contribution >= 4 is 5.91 Å². The van der Waals surface area contributed by atoms with Crippen LogP contribution in [-0.4, -0.2) is 24.5 Å². The number of nitrogens with one attached hydrogen (secondary N) is 2. The summed E-state index contributed by atoms with van der Waals surface area (Å²) >= 11 is 0. The lowest BCUT2D eigenvalue weighted by atomic mass is 9.66. The standard InChI is InChI=1S/C31H36N2O/c1-30(2)26-18-19-28(30)33-27(20-26)21-31(24-14-8-4-9-15-24,25-16-10-5-11-17-25)22-32-29(34)23-12-6-3-7-13-23/h3-17,26-28,33H,18-22H2,1-2H3,(H,32,34). The number of hydrogen-bond donors (Lipinski definition) is 2. The van der Waals surface area contributed by atoms with Crippen molar-refractivity contribution in [2.45, 2.75) is 57.0 Å². The van der Waals surface area contributed by atoms with Gasteiger partial charge in [-0.2, -0.15) is 0 Å². The number of piperidine rings is 1. The molecule has 0 spiro atoms. The minimum atomic E-state index is -0.314. The zero-order valence-corrected chi connectivity index (χ0v) is 20.3. The van der Waals surface area contributed by atoms with Gasteiger partial charge in [0.05, 0.1) is 0 Å². The van der Waals surface area contributed by atoms with Crippen molar-refractivity contribution in [2.24, 2.45) is 11.3 Å². The van der Waals surface area contributed by atoms with Gasteiger partial charge in [0, 0.05) is 29.6 Å². The molecule has 3 nitrogen and oxygen atoms in total. The third-order valence-electron chi connectivity index (χ3n) is 8.59. The Balaban J connectivity index is 1.50. The molecule has 176 valence electrons. The molecule has 0 radical (unpaired) electrons. The van der Waals surface area contributed by atoms with Gasteiger partial charge in [-0.15, -0.1) is 0 Å². The minimum Gasteiger partial charge on any atom is -0.351 e. The molecule has 3 heteroatoms. The van der Waals surface area contributed by atoms with Gasteiger partial charge < -0.3 is 10.6 Å². The van der Waals surface area contributed by atoms with Crippen LogP contribution in [0.2, 0.25) is 0 Å². The van der Waals surface area contributed by atoms with Crippen molar-refractivity contribution in [1.82, 2.24) is 10.6 Å². The molecule has 1 heterocycles. The van der Waals surface area contributed by atoms with E-state index < -0.39 is 0 Å². The van der Waals surface area contributed by atoms with Crippen LogP contribution in [0.4, 0.5) is 0 Å². The predicted octanol–water partition coefficient (Wildman–Crippen LogP) is 5.96. The normalized spacial score (nSPS) is 23.4. The molecule has 2 fully saturated rings. The Labute approximate surface area is 204 Å². The third-order valence-corrected chi connectivity index (χ3v) is 8.59. The highest BCUT2D eigenvalue weighted by Gasteiger charge is 2.49. The van der Waals surface area contributed by atoms with Crippen LogP contribution in [0.15, 0.2) is 91.0 Å². The molecule has 34 heavy (non-hydrogen) atoms. The van der Waals surface area contributed by atoms with Crippen LogP contribution in [0, 0.1) is 11.3 Å². The minimum absolute atomic E-state index is 0.0188. The van der Waals surface area contributed by atoms with E-state index in [1.165, 1.54) is 30.4 Å². The second kappa shape index (κ2) is 9.38. The Bertz CT molecular complexity index is 1040. The van der Waals surface area contributed by atoms with E-state index in [-0.39, 0.29) is 11.3 Å². The van der Waals surface area contributed by atoms with Gasteiger partial charge >= 0.3 is 0 Å². The van der Waals surface area contributed by atoms with E-state index in [4.69, 9.17) is 0 Å². The number of benzene rings is 3. The number of amides is 1. The Morgan fingerprint density at radius 3 is 2.00 bits per heavy atom. The second-order valence-corrected chi connectivity index (χ2v) is 10.8. The molecule has 1 aliphatic heterocycles. The predicted molar refractivity (Wildman–Crippen MR) is 139 cm³/mol. The molecule has 1 amide bonds. The zero-order valence-electron chi connectivity index (χ0n) is 20.3. The first kappa shape index (κ1) is 22.9. The lowest BCUT2D eigenvalue weighted by molar-refractivity contribution is 0.0932. The average molecular weight is 453 g/mol. The molecular weight excluding hydrogens is 416 g/mol. The molecule has 3 aromatic carbocycles. The van der Waals surface area contributed by atoms with Crippen LogP contribution < -0.4 is 10.6 Å². The van der Waals surface area contributed by atoms with Crippen LogP contribution in [0.3, 0.4) is 0 Å². The largest absolute Gasteiger partial charge is 0.351 e. The van der Waals surface area contributed by atoms with Gasteiger partial charge in [-0.25, -0.2) is 0 Å². The van der Waals surface area contributed by atoms with Gasteiger partial charge in [0.25, 0.3) is 5.91 Å². The van der Waals surface area contributed by atoms with Gasteiger partial charge in [-0.1, -0.05) is 92.7 Å². The molecule has 2 aliphatic rings. The maximum Gasteiger partial charge on any atom is 0.251 e. The third kappa shape index (κ3) is 4.30. The van der Waals surface area contributed by atoms with Crippen molar-refractivity contribution in [1.29, 1.82) is 0 Å². The quantitative estimate of drug-likeness (QED) is 0.464. The zero-order chi connectivity index (χ0) is 23.6. The molecule has 1 saturated heterocycles. The number of carbonyl (C=O) groups excluding carboxylic acids is 1. The fourth-order valence-electron chi connectivity index (χ4n) is 6.49. The summed E-state index contributed by atoms with van der Waals surface area (Å²) < 4.78 is 0. The smallest absolute Gasteiger partial charge is 0.251 e. The first-order chi connectivity index (χ1) is 16.5. The van der Waals surface area contributed by atoms with Crippen molar-refractivity contribution in [3.63, 3.8) is 0 Å². The lowest BCUT2D eigenvalue weighted by Gasteiger charge is -2.46.